The number of amides is 4. The van der Waals surface area contributed by atoms with Gasteiger partial charge in [0.2, 0.25) is 11.8 Å². The lowest BCUT2D eigenvalue weighted by Gasteiger charge is -2.21. The molecule has 4 aromatic rings. The van der Waals surface area contributed by atoms with E-state index < -0.39 is 18.0 Å². The fourth-order valence-electron chi connectivity index (χ4n) is 7.17. The smallest absolute Gasteiger partial charge is 0.407 e. The fourth-order valence-corrected chi connectivity index (χ4v) is 7.17. The van der Waals surface area contributed by atoms with Crippen LogP contribution in [0.15, 0.2) is 41.5 Å². The van der Waals surface area contributed by atoms with Gasteiger partial charge in [-0.1, -0.05) is 12.1 Å². The minimum Gasteiger partial charge on any atom is -0.446 e. The van der Waals surface area contributed by atoms with Crippen LogP contribution in [0, 0.1) is 0 Å². The van der Waals surface area contributed by atoms with Crippen molar-refractivity contribution >= 4 is 40.7 Å². The van der Waals surface area contributed by atoms with Gasteiger partial charge in [0.15, 0.2) is 5.82 Å². The average molecular weight is 778 g/mol. The topological polar surface area (TPSA) is 215 Å². The first-order valence-electron chi connectivity index (χ1n) is 19.2. The van der Waals surface area contributed by atoms with Gasteiger partial charge in [0.1, 0.15) is 12.1 Å². The lowest BCUT2D eigenvalue weighted by molar-refractivity contribution is -0.135. The van der Waals surface area contributed by atoms with Gasteiger partial charge in [-0.15, -0.1) is 0 Å². The number of nitrogens with one attached hydrogen (secondary N) is 4. The summed E-state index contributed by atoms with van der Waals surface area (Å²) in [5, 5.41) is 19.4. The standard InChI is InChI=1S/C38H51N9O9/c1-24(2)40-37(51)56-28-10-9-26(20-28)29-21-32(44-43-29)41-35(49)27-22-39-46(23-27)13-15-54-17-19-55-18-16-53-14-5-7-25-6-4-8-30-34(25)45(3)38(52)47(30)31-11-12-33(48)42-36(31)50/h4,6,8,21-24,26,28,31H,5,7,9-20H2,1-3H3,(H,40,51)(H,42,48,50)(H2,41,43,44,49)/t26-,28+,31?/m0/s1. The van der Waals surface area contributed by atoms with Gasteiger partial charge in [0.25, 0.3) is 5.91 Å². The van der Waals surface area contributed by atoms with Crippen molar-refractivity contribution in [3.63, 3.8) is 0 Å². The number of alkyl carbamates (subject to hydrolysis) is 1. The highest BCUT2D eigenvalue weighted by Crippen LogP contribution is 2.36. The van der Waals surface area contributed by atoms with Crippen molar-refractivity contribution in [2.45, 2.75) is 89.4 Å². The number of H-pyrrole nitrogens is 1. The summed E-state index contributed by atoms with van der Waals surface area (Å²) in [5.41, 5.74) is 3.44. The lowest BCUT2D eigenvalue weighted by atomic mass is 10.0. The number of aryl methyl sites for hydroxylation is 2. The summed E-state index contributed by atoms with van der Waals surface area (Å²) in [5.74, 6) is -0.520. The Balaban J connectivity index is 0.814. The number of hydrogen-bond acceptors (Lipinski definition) is 11. The molecule has 3 atom stereocenters. The van der Waals surface area contributed by atoms with Crippen molar-refractivity contribution in [3.05, 3.63) is 64.0 Å². The van der Waals surface area contributed by atoms with Crippen LogP contribution in [0.2, 0.25) is 0 Å². The first kappa shape index (κ1) is 40.3. The van der Waals surface area contributed by atoms with Crippen molar-refractivity contribution in [2.75, 3.05) is 45.0 Å². The molecule has 1 aromatic carbocycles. The number of para-hydroxylation sites is 1. The highest BCUT2D eigenvalue weighted by molar-refractivity contribution is 6.03. The van der Waals surface area contributed by atoms with Gasteiger partial charge in [-0.2, -0.15) is 10.2 Å². The van der Waals surface area contributed by atoms with E-state index in [1.54, 1.807) is 22.5 Å². The predicted octanol–water partition coefficient (Wildman–Crippen LogP) is 2.94. The summed E-state index contributed by atoms with van der Waals surface area (Å²) in [6, 6.07) is 6.80. The molecule has 3 aromatic heterocycles. The number of ether oxygens (including phenoxy) is 4. The number of fused-ring (bicyclic) bond motifs is 1. The highest BCUT2D eigenvalue weighted by Gasteiger charge is 2.32. The Morgan fingerprint density at radius 3 is 2.54 bits per heavy atom. The molecule has 4 amide bonds. The van der Waals surface area contributed by atoms with E-state index in [0.29, 0.717) is 82.3 Å². The first-order chi connectivity index (χ1) is 27.1. The van der Waals surface area contributed by atoms with Crippen molar-refractivity contribution in [3.8, 4) is 0 Å². The van der Waals surface area contributed by atoms with E-state index in [0.717, 1.165) is 36.0 Å². The molecule has 56 heavy (non-hydrogen) atoms. The number of nitrogens with zero attached hydrogens (tertiary/aromatic N) is 5. The number of anilines is 1. The number of carbonyl (C=O) groups excluding carboxylic acids is 4. The number of piperidine rings is 1. The Hall–Kier alpha value is -5.33. The van der Waals surface area contributed by atoms with Crippen LogP contribution >= 0.6 is 0 Å². The summed E-state index contributed by atoms with van der Waals surface area (Å²) < 4.78 is 27.3. The number of hydrogen-bond donors (Lipinski definition) is 4. The quantitative estimate of drug-likeness (QED) is 0.0803. The fraction of sp³-hybridized carbons (Fsp3) is 0.553. The first-order valence-corrected chi connectivity index (χ1v) is 19.2. The van der Waals surface area contributed by atoms with Crippen molar-refractivity contribution in [2.24, 2.45) is 7.05 Å². The van der Waals surface area contributed by atoms with Gasteiger partial charge in [0, 0.05) is 50.0 Å². The van der Waals surface area contributed by atoms with E-state index in [-0.39, 0.29) is 42.0 Å². The van der Waals surface area contributed by atoms with Crippen molar-refractivity contribution in [1.82, 2.24) is 39.7 Å². The van der Waals surface area contributed by atoms with Crippen LogP contribution in [0.1, 0.15) is 85.9 Å². The summed E-state index contributed by atoms with van der Waals surface area (Å²) in [7, 11) is 1.70. The Morgan fingerprint density at radius 2 is 1.77 bits per heavy atom. The number of imidazole rings is 1. The highest BCUT2D eigenvalue weighted by atomic mass is 16.6. The molecule has 2 fully saturated rings. The molecule has 4 heterocycles. The van der Waals surface area contributed by atoms with Crippen LogP contribution in [0.25, 0.3) is 11.0 Å². The second-order valence-electron chi connectivity index (χ2n) is 14.4. The molecule has 4 N–H and O–H groups in total. The molecule has 1 aliphatic carbocycles. The summed E-state index contributed by atoms with van der Waals surface area (Å²) in [6.07, 6.45) is 6.82. The van der Waals surface area contributed by atoms with Gasteiger partial charge < -0.3 is 29.6 Å². The third kappa shape index (κ3) is 10.3. The second-order valence-corrected chi connectivity index (χ2v) is 14.4. The minimum atomic E-state index is -0.714. The molecular formula is C38H51N9O9. The average Bonchev–Trinajstić information content (AvgIpc) is 3.97. The van der Waals surface area contributed by atoms with Crippen molar-refractivity contribution in [1.29, 1.82) is 0 Å². The molecule has 1 unspecified atom stereocenters. The SMILES string of the molecule is CC(C)NC(=O)O[C@@H]1CC[C@H](c2cc(NC(=O)c3cnn(CCOCCOCCOCCCc4cccc5c4n(C)c(=O)n5C4CCC(=O)NC4=O)c3)n[nH]2)C1. The van der Waals surface area contributed by atoms with Gasteiger partial charge in [-0.3, -0.25) is 38.6 Å². The Kier molecular flexibility index (Phi) is 13.7. The van der Waals surface area contributed by atoms with E-state index in [1.165, 1.54) is 10.8 Å². The zero-order valence-corrected chi connectivity index (χ0v) is 32.1. The lowest BCUT2D eigenvalue weighted by Crippen LogP contribution is -2.44. The minimum absolute atomic E-state index is 0.0151. The molecule has 18 nitrogen and oxygen atoms in total. The maximum Gasteiger partial charge on any atom is 0.407 e. The maximum atomic E-state index is 13.1. The molecule has 302 valence electrons. The number of rotatable bonds is 19. The Labute approximate surface area is 323 Å². The maximum absolute atomic E-state index is 13.1. The van der Waals surface area contributed by atoms with Crippen LogP contribution in [0.4, 0.5) is 10.6 Å². The summed E-state index contributed by atoms with van der Waals surface area (Å²) >= 11 is 0. The van der Waals surface area contributed by atoms with Crippen LogP contribution in [0.5, 0.6) is 0 Å². The normalized spacial score (nSPS) is 18.5. The largest absolute Gasteiger partial charge is 0.446 e. The van der Waals surface area contributed by atoms with Gasteiger partial charge in [0.05, 0.1) is 62.4 Å². The van der Waals surface area contributed by atoms with Gasteiger partial charge in [-0.25, -0.2) is 9.59 Å². The zero-order chi connectivity index (χ0) is 39.6. The molecule has 1 saturated heterocycles. The van der Waals surface area contributed by atoms with Crippen LogP contribution in [-0.2, 0) is 48.5 Å². The number of benzene rings is 1. The van der Waals surface area contributed by atoms with Crippen molar-refractivity contribution < 1.29 is 38.1 Å². The second kappa shape index (κ2) is 19.0. The Morgan fingerprint density at radius 1 is 1.00 bits per heavy atom. The van der Waals surface area contributed by atoms with Crippen LogP contribution in [0.3, 0.4) is 0 Å². The molecule has 0 spiro atoms. The predicted molar refractivity (Wildman–Crippen MR) is 203 cm³/mol. The summed E-state index contributed by atoms with van der Waals surface area (Å²) in [4.78, 5) is 62.0. The molecule has 6 rings (SSSR count). The van der Waals surface area contributed by atoms with E-state index in [2.05, 4.69) is 31.2 Å². The van der Waals surface area contributed by atoms with Gasteiger partial charge in [-0.05, 0) is 64.0 Å². The molecule has 18 heteroatoms. The number of carbonyl (C=O) groups is 4. The van der Waals surface area contributed by atoms with Crippen LogP contribution in [-0.4, -0.2) is 105 Å². The molecule has 0 radical (unpaired) electrons. The number of imide groups is 1. The van der Waals surface area contributed by atoms with Crippen LogP contribution < -0.4 is 21.6 Å². The number of aromatic nitrogens is 6. The Bertz CT molecular complexity index is 2050. The molecule has 2 aliphatic rings. The zero-order valence-electron chi connectivity index (χ0n) is 32.1. The number of aromatic amines is 1. The van der Waals surface area contributed by atoms with E-state index in [9.17, 15) is 24.0 Å². The van der Waals surface area contributed by atoms with Gasteiger partial charge >= 0.3 is 11.8 Å². The third-order valence-electron chi connectivity index (χ3n) is 9.89. The van der Waals surface area contributed by atoms with E-state index in [4.69, 9.17) is 18.9 Å². The van der Waals surface area contributed by atoms with E-state index in [1.807, 2.05) is 38.1 Å². The molecule has 1 saturated carbocycles. The van der Waals surface area contributed by atoms with E-state index >= 15 is 0 Å². The summed E-state index contributed by atoms with van der Waals surface area (Å²) in [6.45, 7) is 6.80. The molecule has 0 bridgehead atoms. The molecule has 1 aliphatic heterocycles. The third-order valence-corrected chi connectivity index (χ3v) is 9.89. The molecular weight excluding hydrogens is 726 g/mol. The monoisotopic (exact) mass is 777 g/mol.